The predicted molar refractivity (Wildman–Crippen MR) is 122 cm³/mol. The monoisotopic (exact) mass is 510 g/mol. The maximum Gasteiger partial charge on any atom is 0.198 e. The molecule has 0 aliphatic heterocycles. The lowest BCUT2D eigenvalue weighted by atomic mass is 9.77. The summed E-state index contributed by atoms with van der Waals surface area (Å²) in [6, 6.07) is 6.04. The zero-order valence-corrected chi connectivity index (χ0v) is 19.6. The molecular weight excluding hydrogens is 485 g/mol. The highest BCUT2D eigenvalue weighted by molar-refractivity contribution is 5.65. The summed E-state index contributed by atoms with van der Waals surface area (Å²) in [4.78, 5) is 0. The van der Waals surface area contributed by atoms with E-state index in [4.69, 9.17) is 4.74 Å². The third-order valence-corrected chi connectivity index (χ3v) is 6.85. The topological polar surface area (TPSA) is 9.23 Å². The molecule has 3 aromatic carbocycles. The quantitative estimate of drug-likeness (QED) is 0.175. The van der Waals surface area contributed by atoms with Gasteiger partial charge in [0.25, 0.3) is 0 Å². The second-order valence-electron chi connectivity index (χ2n) is 9.27. The van der Waals surface area contributed by atoms with E-state index >= 15 is 0 Å². The molecule has 0 amide bonds. The van der Waals surface area contributed by atoms with Gasteiger partial charge >= 0.3 is 0 Å². The SMILES string of the molecule is CCCC1CCC(c2cc(F)c(OCc3ccc(-c4cc(F)c(F)c(F)c4F)c(F)c3)c(F)c2)CC1. The highest BCUT2D eigenvalue weighted by Crippen LogP contribution is 2.39. The third-order valence-electron chi connectivity index (χ3n) is 6.85. The average Bonchev–Trinajstić information content (AvgIpc) is 2.85. The van der Waals surface area contributed by atoms with Crippen LogP contribution in [0, 0.1) is 46.6 Å². The molecule has 0 N–H and O–H groups in total. The molecule has 0 radical (unpaired) electrons. The highest BCUT2D eigenvalue weighted by Gasteiger charge is 2.25. The zero-order valence-electron chi connectivity index (χ0n) is 19.6. The van der Waals surface area contributed by atoms with Crippen LogP contribution >= 0.6 is 0 Å². The summed E-state index contributed by atoms with van der Waals surface area (Å²) in [7, 11) is 0. The Kier molecular flexibility index (Phi) is 7.91. The Morgan fingerprint density at radius 3 is 1.97 bits per heavy atom. The van der Waals surface area contributed by atoms with Crippen molar-refractivity contribution in [3.05, 3.63) is 88.2 Å². The van der Waals surface area contributed by atoms with E-state index in [1.807, 2.05) is 0 Å². The molecule has 0 aromatic heterocycles. The summed E-state index contributed by atoms with van der Waals surface area (Å²) in [6.45, 7) is 1.73. The minimum absolute atomic E-state index is 0.0827. The van der Waals surface area contributed by atoms with Gasteiger partial charge in [-0.05, 0) is 72.9 Å². The van der Waals surface area contributed by atoms with Gasteiger partial charge in [0.05, 0.1) is 0 Å². The van der Waals surface area contributed by atoms with Crippen LogP contribution in [0.2, 0.25) is 0 Å². The number of hydrogen-bond acceptors (Lipinski definition) is 1. The Balaban J connectivity index is 1.47. The van der Waals surface area contributed by atoms with E-state index in [0.717, 1.165) is 50.7 Å². The van der Waals surface area contributed by atoms with Crippen LogP contribution in [-0.2, 0) is 6.61 Å². The van der Waals surface area contributed by atoms with E-state index < -0.39 is 64.2 Å². The summed E-state index contributed by atoms with van der Waals surface area (Å²) < 4.78 is 104. The fourth-order valence-electron chi connectivity index (χ4n) is 4.94. The van der Waals surface area contributed by atoms with Crippen LogP contribution in [0.15, 0.2) is 36.4 Å². The second kappa shape index (κ2) is 10.9. The minimum atomic E-state index is -2.06. The van der Waals surface area contributed by atoms with Gasteiger partial charge < -0.3 is 4.74 Å². The second-order valence-corrected chi connectivity index (χ2v) is 9.27. The lowest BCUT2D eigenvalue weighted by Gasteiger charge is -2.28. The molecule has 1 nitrogen and oxygen atoms in total. The molecule has 0 saturated heterocycles. The fraction of sp³-hybridized carbons (Fsp3) is 0.357. The Morgan fingerprint density at radius 1 is 0.694 bits per heavy atom. The van der Waals surface area contributed by atoms with Gasteiger partial charge in [0.1, 0.15) is 12.4 Å². The third kappa shape index (κ3) is 5.37. The van der Waals surface area contributed by atoms with Crippen molar-refractivity contribution in [2.24, 2.45) is 5.92 Å². The molecule has 0 unspecified atom stereocenters. The molecule has 1 fully saturated rings. The fourth-order valence-corrected chi connectivity index (χ4v) is 4.94. The molecule has 8 heteroatoms. The largest absolute Gasteiger partial charge is 0.483 e. The van der Waals surface area contributed by atoms with Crippen molar-refractivity contribution in [1.82, 2.24) is 0 Å². The van der Waals surface area contributed by atoms with Crippen LogP contribution in [0.25, 0.3) is 11.1 Å². The first-order chi connectivity index (χ1) is 17.2. The van der Waals surface area contributed by atoms with E-state index in [9.17, 15) is 30.7 Å². The van der Waals surface area contributed by atoms with Crippen molar-refractivity contribution in [3.63, 3.8) is 0 Å². The van der Waals surface area contributed by atoms with E-state index in [0.29, 0.717) is 17.5 Å². The van der Waals surface area contributed by atoms with Crippen LogP contribution in [0.3, 0.4) is 0 Å². The normalized spacial score (nSPS) is 17.9. The first-order valence-corrected chi connectivity index (χ1v) is 11.9. The lowest BCUT2D eigenvalue weighted by molar-refractivity contribution is 0.271. The van der Waals surface area contributed by atoms with Crippen molar-refractivity contribution < 1.29 is 35.5 Å². The number of halogens is 7. The Hall–Kier alpha value is -3.03. The summed E-state index contributed by atoms with van der Waals surface area (Å²) in [5, 5.41) is 0. The van der Waals surface area contributed by atoms with Crippen molar-refractivity contribution in [3.8, 4) is 16.9 Å². The van der Waals surface area contributed by atoms with Crippen LogP contribution < -0.4 is 4.74 Å². The lowest BCUT2D eigenvalue weighted by Crippen LogP contribution is -2.14. The number of rotatable bonds is 7. The van der Waals surface area contributed by atoms with Crippen molar-refractivity contribution in [2.75, 3.05) is 0 Å². The van der Waals surface area contributed by atoms with Crippen LogP contribution in [0.1, 0.15) is 62.5 Å². The molecule has 192 valence electrons. The molecule has 4 rings (SSSR count). The molecule has 1 aliphatic carbocycles. The first kappa shape index (κ1) is 26.0. The molecule has 0 heterocycles. The van der Waals surface area contributed by atoms with Gasteiger partial charge in [-0.3, -0.25) is 0 Å². The van der Waals surface area contributed by atoms with E-state index in [2.05, 4.69) is 6.92 Å². The van der Waals surface area contributed by atoms with Crippen LogP contribution in [0.5, 0.6) is 5.75 Å². The highest BCUT2D eigenvalue weighted by atomic mass is 19.2. The molecule has 0 spiro atoms. The summed E-state index contributed by atoms with van der Waals surface area (Å²) in [6.07, 6.45) is 6.09. The first-order valence-electron chi connectivity index (χ1n) is 11.9. The van der Waals surface area contributed by atoms with Gasteiger partial charge in [-0.25, -0.2) is 30.7 Å². The molecule has 0 atom stereocenters. The maximum absolute atomic E-state index is 14.7. The van der Waals surface area contributed by atoms with Gasteiger partial charge in [0, 0.05) is 11.1 Å². The van der Waals surface area contributed by atoms with Gasteiger partial charge in [0.2, 0.25) is 0 Å². The van der Waals surface area contributed by atoms with Gasteiger partial charge in [-0.2, -0.15) is 0 Å². The molecule has 0 bridgehead atoms. The molecule has 1 saturated carbocycles. The van der Waals surface area contributed by atoms with Gasteiger partial charge in [-0.15, -0.1) is 0 Å². The summed E-state index contributed by atoms with van der Waals surface area (Å²) in [5.41, 5.74) is -0.586. The van der Waals surface area contributed by atoms with Crippen molar-refractivity contribution in [1.29, 1.82) is 0 Å². The summed E-state index contributed by atoms with van der Waals surface area (Å²) >= 11 is 0. The Labute approximate surface area is 204 Å². The standard InChI is InChI=1S/C28H25F7O/c1-2-3-15-4-7-17(8-5-15)18-11-23(31)28(24(32)12-18)36-14-16-6-9-19(21(29)10-16)20-13-22(30)26(34)27(35)25(20)33/h6,9-13,15,17H,2-5,7-8,14H2,1H3. The number of hydrogen-bond donors (Lipinski definition) is 0. The molecule has 36 heavy (non-hydrogen) atoms. The smallest absolute Gasteiger partial charge is 0.198 e. The Bertz CT molecular complexity index is 1230. The average molecular weight is 510 g/mol. The Morgan fingerprint density at radius 2 is 1.36 bits per heavy atom. The van der Waals surface area contributed by atoms with E-state index in [-0.39, 0.29) is 11.5 Å². The van der Waals surface area contributed by atoms with Gasteiger partial charge in [-0.1, -0.05) is 31.9 Å². The van der Waals surface area contributed by atoms with E-state index in [1.54, 1.807) is 0 Å². The van der Waals surface area contributed by atoms with Crippen LogP contribution in [0.4, 0.5) is 30.7 Å². The number of ether oxygens (including phenoxy) is 1. The van der Waals surface area contributed by atoms with Gasteiger partial charge in [0.15, 0.2) is 40.7 Å². The molecule has 3 aromatic rings. The molecule has 1 aliphatic rings. The maximum atomic E-state index is 14.7. The zero-order chi connectivity index (χ0) is 26.0. The van der Waals surface area contributed by atoms with Crippen molar-refractivity contribution >= 4 is 0 Å². The number of benzene rings is 3. The predicted octanol–water partition coefficient (Wildman–Crippen LogP) is 8.98. The summed E-state index contributed by atoms with van der Waals surface area (Å²) in [5.74, 6) is -10.1. The minimum Gasteiger partial charge on any atom is -0.483 e. The van der Waals surface area contributed by atoms with Crippen molar-refractivity contribution in [2.45, 2.75) is 58.0 Å². The van der Waals surface area contributed by atoms with Crippen LogP contribution in [-0.4, -0.2) is 0 Å². The van der Waals surface area contributed by atoms with E-state index in [1.165, 1.54) is 18.2 Å². The molecular formula is C28H25F7O.